The lowest BCUT2D eigenvalue weighted by molar-refractivity contribution is -0.152. The van der Waals surface area contributed by atoms with E-state index in [0.29, 0.717) is 55.9 Å². The highest BCUT2D eigenvalue weighted by atomic mass is 79.9. The zero-order valence-electron chi connectivity index (χ0n) is 22.0. The SMILES string of the molecule is Cc1c(-c2ccccc2)nc2ccc(Br)cc2c1C(=O)NC12CCC(C(=O)O)(CC1)C/C2=N\OCC1CCC1. The number of carbonyl (C=O) groups excluding carboxylic acids is 1. The van der Waals surface area contributed by atoms with Crippen LogP contribution in [-0.4, -0.2) is 39.8 Å². The molecule has 2 aromatic carbocycles. The van der Waals surface area contributed by atoms with Crippen molar-refractivity contribution in [2.24, 2.45) is 16.5 Å². The lowest BCUT2D eigenvalue weighted by atomic mass is 9.56. The molecule has 0 spiro atoms. The molecule has 202 valence electrons. The molecule has 39 heavy (non-hydrogen) atoms. The standard InChI is InChI=1S/C31H32BrN3O4/c1-19-26(23-16-22(32)10-11-24(23)33-27(19)21-8-3-2-4-9-21)28(36)34-31-14-12-30(13-15-31,29(37)38)17-25(31)35-39-18-20-6-5-7-20/h2-4,8-11,16,20H,5-7,12-15,17-18H2,1H3,(H,34,36)(H,37,38)/b35-25+. The van der Waals surface area contributed by atoms with Gasteiger partial charge >= 0.3 is 5.97 Å². The van der Waals surface area contributed by atoms with Gasteiger partial charge in [-0.1, -0.05) is 57.8 Å². The highest BCUT2D eigenvalue weighted by Crippen LogP contribution is 2.51. The fourth-order valence-corrected chi connectivity index (χ4v) is 6.74. The number of aliphatic carboxylic acids is 1. The normalized spacial score (nSPS) is 25.4. The molecule has 4 aliphatic carbocycles. The van der Waals surface area contributed by atoms with Crippen LogP contribution in [0.3, 0.4) is 0 Å². The summed E-state index contributed by atoms with van der Waals surface area (Å²) in [6.45, 7) is 2.48. The zero-order chi connectivity index (χ0) is 27.2. The van der Waals surface area contributed by atoms with Gasteiger partial charge in [-0.2, -0.15) is 0 Å². The van der Waals surface area contributed by atoms with Crippen LogP contribution in [0.25, 0.3) is 22.2 Å². The number of nitrogens with one attached hydrogen (secondary N) is 1. The number of aromatic nitrogens is 1. The number of carbonyl (C=O) groups is 2. The van der Waals surface area contributed by atoms with Gasteiger partial charge in [0.1, 0.15) is 6.61 Å². The molecule has 7 rings (SSSR count). The Bertz CT molecular complexity index is 1470. The molecule has 4 saturated carbocycles. The Hall–Kier alpha value is -3.26. The molecular weight excluding hydrogens is 558 g/mol. The van der Waals surface area contributed by atoms with Crippen molar-refractivity contribution < 1.29 is 19.5 Å². The highest BCUT2D eigenvalue weighted by molar-refractivity contribution is 9.10. The van der Waals surface area contributed by atoms with Gasteiger partial charge in [0, 0.05) is 21.8 Å². The Morgan fingerprint density at radius 3 is 2.54 bits per heavy atom. The second-order valence-corrected chi connectivity index (χ2v) is 12.3. The van der Waals surface area contributed by atoms with E-state index in [0.717, 1.165) is 45.0 Å². The predicted molar refractivity (Wildman–Crippen MR) is 154 cm³/mol. The number of pyridine rings is 1. The molecule has 2 N–H and O–H groups in total. The fraction of sp³-hybridized carbons (Fsp3) is 0.419. The molecule has 0 saturated heterocycles. The number of nitrogens with zero attached hydrogens (tertiary/aromatic N) is 2. The van der Waals surface area contributed by atoms with Crippen molar-refractivity contribution in [3.8, 4) is 11.3 Å². The summed E-state index contributed by atoms with van der Waals surface area (Å²) in [5.74, 6) is -0.483. The molecule has 4 aliphatic rings. The molecular formula is C31H32BrN3O4. The summed E-state index contributed by atoms with van der Waals surface area (Å²) in [5, 5.41) is 18.7. The van der Waals surface area contributed by atoms with Crippen molar-refractivity contribution in [2.45, 2.75) is 63.8 Å². The summed E-state index contributed by atoms with van der Waals surface area (Å²) in [7, 11) is 0. The van der Waals surface area contributed by atoms with Gasteiger partial charge in [-0.15, -0.1) is 0 Å². The number of amides is 1. The molecule has 7 nitrogen and oxygen atoms in total. The lowest BCUT2D eigenvalue weighted by Gasteiger charge is -2.51. The van der Waals surface area contributed by atoms with Crippen LogP contribution in [0.15, 0.2) is 58.2 Å². The smallest absolute Gasteiger partial charge is 0.310 e. The maximum absolute atomic E-state index is 14.3. The van der Waals surface area contributed by atoms with Crippen LogP contribution in [0.2, 0.25) is 0 Å². The number of hydrogen-bond donors (Lipinski definition) is 2. The van der Waals surface area contributed by atoms with E-state index >= 15 is 0 Å². The van der Waals surface area contributed by atoms with E-state index in [1.165, 1.54) is 6.42 Å². The first-order valence-electron chi connectivity index (χ1n) is 13.7. The minimum atomic E-state index is -0.838. The van der Waals surface area contributed by atoms with E-state index in [1.807, 2.05) is 55.5 Å². The minimum Gasteiger partial charge on any atom is -0.481 e. The van der Waals surface area contributed by atoms with E-state index in [4.69, 9.17) is 9.82 Å². The fourth-order valence-electron chi connectivity index (χ4n) is 6.38. The van der Waals surface area contributed by atoms with E-state index < -0.39 is 16.9 Å². The molecule has 2 bridgehead atoms. The van der Waals surface area contributed by atoms with Gasteiger partial charge in [-0.05, 0) is 75.1 Å². The molecule has 0 radical (unpaired) electrons. The highest BCUT2D eigenvalue weighted by Gasteiger charge is 2.57. The molecule has 0 unspecified atom stereocenters. The van der Waals surface area contributed by atoms with Gasteiger partial charge in [-0.25, -0.2) is 4.98 Å². The molecule has 8 heteroatoms. The Balaban J connectivity index is 1.39. The van der Waals surface area contributed by atoms with Gasteiger partial charge in [-0.3, -0.25) is 9.59 Å². The largest absolute Gasteiger partial charge is 0.481 e. The van der Waals surface area contributed by atoms with Crippen LogP contribution in [-0.2, 0) is 9.63 Å². The number of oxime groups is 1. The first kappa shape index (κ1) is 26.0. The third-order valence-electron chi connectivity index (χ3n) is 9.10. The molecule has 3 aromatic rings. The van der Waals surface area contributed by atoms with Gasteiger partial charge in [0.2, 0.25) is 0 Å². The number of fused-ring (bicyclic) bond motifs is 4. The van der Waals surface area contributed by atoms with E-state index in [2.05, 4.69) is 26.4 Å². The zero-order valence-corrected chi connectivity index (χ0v) is 23.6. The number of carboxylic acids is 1. The van der Waals surface area contributed by atoms with Crippen molar-refractivity contribution in [1.82, 2.24) is 10.3 Å². The quantitative estimate of drug-likeness (QED) is 0.300. The second kappa shape index (κ2) is 10.0. The monoisotopic (exact) mass is 589 g/mol. The van der Waals surface area contributed by atoms with Gasteiger partial charge in [0.05, 0.1) is 33.4 Å². The molecule has 0 atom stereocenters. The summed E-state index contributed by atoms with van der Waals surface area (Å²) in [5.41, 5.74) is 2.90. The number of rotatable bonds is 7. The van der Waals surface area contributed by atoms with Crippen LogP contribution in [0.5, 0.6) is 0 Å². The summed E-state index contributed by atoms with van der Waals surface area (Å²) in [4.78, 5) is 37.2. The third-order valence-corrected chi connectivity index (χ3v) is 9.59. The Morgan fingerprint density at radius 2 is 1.87 bits per heavy atom. The average molecular weight is 591 g/mol. The summed E-state index contributed by atoms with van der Waals surface area (Å²) in [6, 6.07) is 15.7. The summed E-state index contributed by atoms with van der Waals surface area (Å²) >= 11 is 3.56. The summed E-state index contributed by atoms with van der Waals surface area (Å²) in [6.07, 6.45) is 5.83. The maximum atomic E-state index is 14.3. The van der Waals surface area contributed by atoms with Crippen molar-refractivity contribution in [3.63, 3.8) is 0 Å². The second-order valence-electron chi connectivity index (χ2n) is 11.4. The van der Waals surface area contributed by atoms with Crippen LogP contribution in [0.1, 0.15) is 67.3 Å². The van der Waals surface area contributed by atoms with Gasteiger partial charge in [0.15, 0.2) is 0 Å². The Morgan fingerprint density at radius 1 is 1.13 bits per heavy atom. The van der Waals surface area contributed by atoms with Crippen LogP contribution >= 0.6 is 15.9 Å². The molecule has 1 amide bonds. The molecule has 4 fully saturated rings. The van der Waals surface area contributed by atoms with E-state index in [-0.39, 0.29) is 5.91 Å². The van der Waals surface area contributed by atoms with Crippen LogP contribution in [0, 0.1) is 18.3 Å². The van der Waals surface area contributed by atoms with E-state index in [1.54, 1.807) is 0 Å². The van der Waals surface area contributed by atoms with E-state index in [9.17, 15) is 14.7 Å². The molecule has 1 aromatic heterocycles. The first-order chi connectivity index (χ1) is 18.8. The van der Waals surface area contributed by atoms with Crippen molar-refractivity contribution in [1.29, 1.82) is 0 Å². The van der Waals surface area contributed by atoms with Crippen LogP contribution in [0.4, 0.5) is 0 Å². The minimum absolute atomic E-state index is 0.202. The number of halogens is 1. The Kier molecular flexibility index (Phi) is 6.69. The topological polar surface area (TPSA) is 101 Å². The van der Waals surface area contributed by atoms with Crippen molar-refractivity contribution in [3.05, 3.63) is 64.1 Å². The number of hydrogen-bond acceptors (Lipinski definition) is 5. The van der Waals surface area contributed by atoms with Gasteiger partial charge in [0.25, 0.3) is 5.91 Å². The van der Waals surface area contributed by atoms with Gasteiger partial charge < -0.3 is 15.3 Å². The molecule has 1 heterocycles. The van der Waals surface area contributed by atoms with Crippen molar-refractivity contribution >= 4 is 44.4 Å². The van der Waals surface area contributed by atoms with Crippen molar-refractivity contribution in [2.75, 3.05) is 6.61 Å². The average Bonchev–Trinajstić information content (AvgIpc) is 2.91. The first-order valence-corrected chi connectivity index (χ1v) is 14.5. The van der Waals surface area contributed by atoms with Crippen LogP contribution < -0.4 is 5.32 Å². The Labute approximate surface area is 236 Å². The maximum Gasteiger partial charge on any atom is 0.310 e. The lowest BCUT2D eigenvalue weighted by Crippen LogP contribution is -2.64. The third kappa shape index (κ3) is 4.62. The predicted octanol–water partition coefficient (Wildman–Crippen LogP) is 6.66. The number of benzene rings is 2. The summed E-state index contributed by atoms with van der Waals surface area (Å²) < 4.78 is 0.865. The molecule has 0 aliphatic heterocycles. The number of carboxylic acid groups (broad SMARTS) is 1.